The van der Waals surface area contributed by atoms with Gasteiger partial charge in [-0.05, 0) is 12.0 Å². The first-order chi connectivity index (χ1) is 8.08. The maximum absolute atomic E-state index is 11.5. The summed E-state index contributed by atoms with van der Waals surface area (Å²) in [4.78, 5) is 19.5. The van der Waals surface area contributed by atoms with Gasteiger partial charge in [0.15, 0.2) is 0 Å². The Kier molecular flexibility index (Phi) is 4.65. The number of carbonyl (C=O) groups excluding carboxylic acids is 1. The smallest absolute Gasteiger partial charge is 0.328 e. The fraction of sp³-hybridized carbons (Fsp3) is 0.500. The van der Waals surface area contributed by atoms with Crippen LogP contribution in [0.1, 0.15) is 13.8 Å². The van der Waals surface area contributed by atoms with E-state index in [1.165, 1.54) is 7.11 Å². The number of hydrogen-bond acceptors (Lipinski definition) is 7. The number of nitrogens with one attached hydrogen (secondary N) is 2. The Morgan fingerprint density at radius 1 is 1.53 bits per heavy atom. The minimum Gasteiger partial charge on any atom is -0.467 e. The number of hydrazine groups is 1. The number of carbonyl (C=O) groups is 1. The van der Waals surface area contributed by atoms with Crippen LogP contribution in [0.4, 0.5) is 11.8 Å². The summed E-state index contributed by atoms with van der Waals surface area (Å²) in [6, 6.07) is 1.19. The predicted octanol–water partition coefficient (Wildman–Crippen LogP) is 0.372. The van der Waals surface area contributed by atoms with Crippen molar-refractivity contribution in [2.24, 2.45) is 11.8 Å². The highest BCUT2D eigenvalue weighted by atomic mass is 16.5. The summed E-state index contributed by atoms with van der Waals surface area (Å²) in [5.74, 6) is 5.74. The van der Waals surface area contributed by atoms with Gasteiger partial charge in [0, 0.05) is 6.20 Å². The molecular weight excluding hydrogens is 222 g/mol. The third-order valence-electron chi connectivity index (χ3n) is 2.21. The molecule has 1 aromatic heterocycles. The lowest BCUT2D eigenvalue weighted by atomic mass is 10.0. The maximum atomic E-state index is 11.5. The lowest BCUT2D eigenvalue weighted by molar-refractivity contribution is -0.142. The van der Waals surface area contributed by atoms with Crippen molar-refractivity contribution in [3.63, 3.8) is 0 Å². The Bertz CT molecular complexity index is 383. The minimum absolute atomic E-state index is 0.0756. The monoisotopic (exact) mass is 239 g/mol. The molecule has 0 amide bonds. The van der Waals surface area contributed by atoms with Crippen LogP contribution in [-0.2, 0) is 9.53 Å². The van der Waals surface area contributed by atoms with Gasteiger partial charge >= 0.3 is 5.97 Å². The summed E-state index contributed by atoms with van der Waals surface area (Å²) in [6.07, 6.45) is 1.54. The van der Waals surface area contributed by atoms with Gasteiger partial charge in [0.05, 0.1) is 7.11 Å². The van der Waals surface area contributed by atoms with Gasteiger partial charge in [0.2, 0.25) is 5.95 Å². The number of nitrogens with zero attached hydrogens (tertiary/aromatic N) is 2. The van der Waals surface area contributed by atoms with E-state index < -0.39 is 6.04 Å². The fourth-order valence-corrected chi connectivity index (χ4v) is 1.29. The molecule has 0 radical (unpaired) electrons. The summed E-state index contributed by atoms with van der Waals surface area (Å²) in [5.41, 5.74) is 2.33. The highest BCUT2D eigenvalue weighted by Gasteiger charge is 2.23. The second-order valence-corrected chi connectivity index (χ2v) is 3.80. The molecule has 94 valence electrons. The molecule has 0 saturated heterocycles. The van der Waals surface area contributed by atoms with E-state index in [1.54, 1.807) is 12.3 Å². The quantitative estimate of drug-likeness (QED) is 0.387. The number of rotatable bonds is 5. The summed E-state index contributed by atoms with van der Waals surface area (Å²) < 4.78 is 4.72. The molecule has 0 spiro atoms. The van der Waals surface area contributed by atoms with Gasteiger partial charge in [-0.15, -0.1) is 0 Å². The van der Waals surface area contributed by atoms with E-state index in [0.717, 1.165) is 0 Å². The molecule has 0 bridgehead atoms. The van der Waals surface area contributed by atoms with E-state index in [-0.39, 0.29) is 17.8 Å². The van der Waals surface area contributed by atoms with E-state index >= 15 is 0 Å². The van der Waals surface area contributed by atoms with Crippen LogP contribution in [0, 0.1) is 5.92 Å². The molecule has 1 atom stereocenters. The van der Waals surface area contributed by atoms with Crippen LogP contribution in [-0.4, -0.2) is 29.1 Å². The van der Waals surface area contributed by atoms with E-state index in [9.17, 15) is 4.79 Å². The lowest BCUT2D eigenvalue weighted by Crippen LogP contribution is -2.35. The van der Waals surface area contributed by atoms with Crippen LogP contribution in [0.2, 0.25) is 0 Å². The molecule has 1 unspecified atom stereocenters. The Labute approximate surface area is 99.7 Å². The SMILES string of the molecule is COC(=O)C(Nc1ccnc(NN)n1)C(C)C. The van der Waals surface area contributed by atoms with Crippen LogP contribution >= 0.6 is 0 Å². The molecule has 7 nitrogen and oxygen atoms in total. The molecule has 0 aliphatic rings. The van der Waals surface area contributed by atoms with Crippen LogP contribution in [0.25, 0.3) is 0 Å². The zero-order valence-corrected chi connectivity index (χ0v) is 10.1. The third kappa shape index (κ3) is 3.56. The average Bonchev–Trinajstić information content (AvgIpc) is 2.35. The Hall–Kier alpha value is -1.89. The average molecular weight is 239 g/mol. The molecule has 0 aromatic carbocycles. The molecule has 0 fully saturated rings. The van der Waals surface area contributed by atoms with E-state index in [2.05, 4.69) is 20.7 Å². The van der Waals surface area contributed by atoms with Crippen molar-refractivity contribution >= 4 is 17.7 Å². The minimum atomic E-state index is -0.458. The summed E-state index contributed by atoms with van der Waals surface area (Å²) in [7, 11) is 1.35. The van der Waals surface area contributed by atoms with E-state index in [0.29, 0.717) is 5.82 Å². The van der Waals surface area contributed by atoms with Gasteiger partial charge in [-0.2, -0.15) is 4.98 Å². The number of anilines is 2. The highest BCUT2D eigenvalue weighted by molar-refractivity contribution is 5.79. The topological polar surface area (TPSA) is 102 Å². The lowest BCUT2D eigenvalue weighted by Gasteiger charge is -2.20. The number of esters is 1. The molecular formula is C10H17N5O2. The van der Waals surface area contributed by atoms with Gasteiger partial charge in [-0.25, -0.2) is 15.6 Å². The van der Waals surface area contributed by atoms with Crippen LogP contribution < -0.4 is 16.6 Å². The maximum Gasteiger partial charge on any atom is 0.328 e. The molecule has 1 heterocycles. The standard InChI is InChI=1S/C10H17N5O2/c1-6(2)8(9(16)17-3)13-7-4-5-12-10(14-7)15-11/h4-6,8H,11H2,1-3H3,(H2,12,13,14,15). The molecule has 17 heavy (non-hydrogen) atoms. The number of ether oxygens (including phenoxy) is 1. The van der Waals surface area contributed by atoms with Gasteiger partial charge in [-0.1, -0.05) is 13.8 Å². The summed E-state index contributed by atoms with van der Waals surface area (Å²) in [6.45, 7) is 3.83. The third-order valence-corrected chi connectivity index (χ3v) is 2.21. The number of methoxy groups -OCH3 is 1. The second-order valence-electron chi connectivity index (χ2n) is 3.80. The molecule has 1 aromatic rings. The number of aromatic nitrogens is 2. The molecule has 4 N–H and O–H groups in total. The van der Waals surface area contributed by atoms with E-state index in [4.69, 9.17) is 10.6 Å². The van der Waals surface area contributed by atoms with Gasteiger partial charge in [-0.3, -0.25) is 5.43 Å². The highest BCUT2D eigenvalue weighted by Crippen LogP contribution is 2.12. The Morgan fingerprint density at radius 3 is 2.76 bits per heavy atom. The van der Waals surface area contributed by atoms with Crippen LogP contribution in [0.15, 0.2) is 12.3 Å². The Balaban J connectivity index is 2.82. The number of nitrogen functional groups attached to an aromatic ring is 1. The molecule has 0 aliphatic heterocycles. The second kappa shape index (κ2) is 6.00. The predicted molar refractivity (Wildman–Crippen MR) is 64.1 cm³/mol. The van der Waals surface area contributed by atoms with Gasteiger partial charge in [0.1, 0.15) is 11.9 Å². The van der Waals surface area contributed by atoms with Crippen molar-refractivity contribution in [1.29, 1.82) is 0 Å². The van der Waals surface area contributed by atoms with Crippen molar-refractivity contribution in [2.75, 3.05) is 17.9 Å². The Morgan fingerprint density at radius 2 is 2.24 bits per heavy atom. The first kappa shape index (κ1) is 13.2. The van der Waals surface area contributed by atoms with Crippen LogP contribution in [0.5, 0.6) is 0 Å². The first-order valence-electron chi connectivity index (χ1n) is 5.22. The largest absolute Gasteiger partial charge is 0.467 e. The summed E-state index contributed by atoms with van der Waals surface area (Å²) in [5, 5.41) is 2.98. The molecule has 7 heteroatoms. The molecule has 0 aliphatic carbocycles. The van der Waals surface area contributed by atoms with Crippen LogP contribution in [0.3, 0.4) is 0 Å². The zero-order valence-electron chi connectivity index (χ0n) is 10.1. The number of hydrogen-bond donors (Lipinski definition) is 3. The van der Waals surface area contributed by atoms with Gasteiger partial charge < -0.3 is 10.1 Å². The zero-order chi connectivity index (χ0) is 12.8. The van der Waals surface area contributed by atoms with Crippen molar-refractivity contribution < 1.29 is 9.53 Å². The normalized spacial score (nSPS) is 12.1. The molecule has 1 rings (SSSR count). The van der Waals surface area contributed by atoms with Crippen molar-refractivity contribution in [3.8, 4) is 0 Å². The molecule has 0 saturated carbocycles. The van der Waals surface area contributed by atoms with E-state index in [1.807, 2.05) is 13.8 Å². The van der Waals surface area contributed by atoms with Crippen molar-refractivity contribution in [2.45, 2.75) is 19.9 Å². The van der Waals surface area contributed by atoms with Crippen molar-refractivity contribution in [3.05, 3.63) is 12.3 Å². The fourth-order valence-electron chi connectivity index (χ4n) is 1.29. The first-order valence-corrected chi connectivity index (χ1v) is 5.22. The van der Waals surface area contributed by atoms with Crippen molar-refractivity contribution in [1.82, 2.24) is 9.97 Å². The van der Waals surface area contributed by atoms with Gasteiger partial charge in [0.25, 0.3) is 0 Å². The summed E-state index contributed by atoms with van der Waals surface area (Å²) >= 11 is 0. The number of nitrogens with two attached hydrogens (primary N) is 1.